The van der Waals surface area contributed by atoms with E-state index in [-0.39, 0.29) is 45.5 Å². The lowest BCUT2D eigenvalue weighted by molar-refractivity contribution is 0.0599. The monoisotopic (exact) mass is 584 g/mol. The Bertz CT molecular complexity index is 1290. The zero-order valence-electron chi connectivity index (χ0n) is 22.9. The number of piperidine rings is 1. The first-order valence-electron chi connectivity index (χ1n) is 13.4. The normalized spacial score (nSPS) is 15.7. The third-order valence-electron chi connectivity index (χ3n) is 7.17. The lowest BCUT2D eigenvalue weighted by Gasteiger charge is -2.36. The number of amides is 1. The summed E-state index contributed by atoms with van der Waals surface area (Å²) in [6, 6.07) is 13.1. The number of hydrogen-bond donors (Lipinski definition) is 1. The largest absolute Gasteiger partial charge is 0.469 e. The van der Waals surface area contributed by atoms with Crippen molar-refractivity contribution in [2.45, 2.75) is 45.3 Å². The Morgan fingerprint density at radius 1 is 1.07 bits per heavy atom. The second kappa shape index (κ2) is 13.9. The molecule has 10 heteroatoms. The molecule has 0 bridgehead atoms. The summed E-state index contributed by atoms with van der Waals surface area (Å²) in [6.07, 6.45) is 5.30. The number of aromatic nitrogens is 2. The molecule has 0 aliphatic carbocycles. The maximum atomic E-state index is 12.7. The Labute approximate surface area is 245 Å². The minimum absolute atomic E-state index is 0.0534. The van der Waals surface area contributed by atoms with Crippen molar-refractivity contribution in [3.8, 4) is 5.88 Å². The molecule has 4 rings (SSSR count). The zero-order chi connectivity index (χ0) is 28.6. The van der Waals surface area contributed by atoms with E-state index in [1.54, 1.807) is 12.1 Å². The van der Waals surface area contributed by atoms with Gasteiger partial charge in [0.25, 0.3) is 5.91 Å². The molecule has 1 fully saturated rings. The lowest BCUT2D eigenvalue weighted by atomic mass is 9.87. The van der Waals surface area contributed by atoms with Gasteiger partial charge < -0.3 is 19.7 Å². The minimum atomic E-state index is -0.366. The summed E-state index contributed by atoms with van der Waals surface area (Å²) in [4.78, 5) is 35.5. The number of benzene rings is 1. The van der Waals surface area contributed by atoms with Gasteiger partial charge in [0.15, 0.2) is 0 Å². The molecule has 1 aliphatic heterocycles. The van der Waals surface area contributed by atoms with Crippen LogP contribution in [0.5, 0.6) is 5.88 Å². The number of likely N-dealkylation sites (tertiary alicyclic amines) is 1. The Hall–Kier alpha value is -3.20. The van der Waals surface area contributed by atoms with Crippen LogP contribution in [0.4, 0.5) is 0 Å². The Balaban J connectivity index is 1.35. The topological polar surface area (TPSA) is 93.7 Å². The number of methoxy groups -OCH3 is 1. The van der Waals surface area contributed by atoms with Gasteiger partial charge in [-0.2, -0.15) is 0 Å². The van der Waals surface area contributed by atoms with Crippen LogP contribution in [0.15, 0.2) is 54.9 Å². The van der Waals surface area contributed by atoms with Gasteiger partial charge in [0, 0.05) is 42.7 Å². The van der Waals surface area contributed by atoms with Crippen LogP contribution >= 0.6 is 23.2 Å². The van der Waals surface area contributed by atoms with Crippen molar-refractivity contribution >= 4 is 35.1 Å². The number of esters is 1. The van der Waals surface area contributed by atoms with Gasteiger partial charge >= 0.3 is 5.97 Å². The molecule has 1 aliphatic rings. The number of ether oxygens (including phenoxy) is 2. The smallest absolute Gasteiger partial charge is 0.337 e. The highest BCUT2D eigenvalue weighted by atomic mass is 35.5. The van der Waals surface area contributed by atoms with Crippen LogP contribution in [0.1, 0.15) is 64.3 Å². The van der Waals surface area contributed by atoms with Crippen molar-refractivity contribution in [1.82, 2.24) is 20.2 Å². The molecule has 1 saturated heterocycles. The molecule has 8 nitrogen and oxygen atoms in total. The molecule has 40 heavy (non-hydrogen) atoms. The second-order valence-corrected chi connectivity index (χ2v) is 10.9. The molecule has 1 amide bonds. The average molecular weight is 586 g/mol. The number of carbonyl (C=O) groups is 2. The molecule has 3 heterocycles. The second-order valence-electron chi connectivity index (χ2n) is 10.1. The number of halogens is 2. The SMILES string of the molecule is COC(=O)c1ccc(C(Oc2cccc(C)n2)C2CCN(CCC(C)NC(=O)c3c(Cl)cncc3Cl)CC2)cc1. The standard InChI is InChI=1S/C30H34Cl2N4O4/c1-19-5-4-6-26(34-19)40-28(21-7-9-23(10-8-21)30(38)39-3)22-12-15-36(16-13-22)14-11-20(2)35-29(37)27-24(31)17-33-18-25(27)32/h4-10,17-18,20,22,28H,11-16H2,1-3H3,(H,35,37). The van der Waals surface area contributed by atoms with E-state index < -0.39 is 0 Å². The van der Waals surface area contributed by atoms with Crippen molar-refractivity contribution in [1.29, 1.82) is 0 Å². The van der Waals surface area contributed by atoms with Gasteiger partial charge in [0.2, 0.25) is 5.88 Å². The Morgan fingerprint density at radius 2 is 1.75 bits per heavy atom. The van der Waals surface area contributed by atoms with E-state index >= 15 is 0 Å². The van der Waals surface area contributed by atoms with Crippen molar-refractivity contribution in [3.05, 3.63) is 87.3 Å². The average Bonchev–Trinajstić information content (AvgIpc) is 2.95. The summed E-state index contributed by atoms with van der Waals surface area (Å²) in [6.45, 7) is 6.59. The number of pyridine rings is 2. The molecule has 212 valence electrons. The molecule has 1 N–H and O–H groups in total. The van der Waals surface area contributed by atoms with E-state index in [9.17, 15) is 9.59 Å². The minimum Gasteiger partial charge on any atom is -0.469 e. The first kappa shape index (κ1) is 29.8. The fourth-order valence-electron chi connectivity index (χ4n) is 4.93. The molecule has 0 saturated carbocycles. The van der Waals surface area contributed by atoms with E-state index in [2.05, 4.69) is 20.2 Å². The van der Waals surface area contributed by atoms with Crippen molar-refractivity contribution in [2.24, 2.45) is 5.92 Å². The number of hydrogen-bond acceptors (Lipinski definition) is 7. The highest BCUT2D eigenvalue weighted by Gasteiger charge is 2.30. The third kappa shape index (κ3) is 7.71. The summed E-state index contributed by atoms with van der Waals surface area (Å²) < 4.78 is 11.3. The molecule has 0 radical (unpaired) electrons. The lowest BCUT2D eigenvalue weighted by Crippen LogP contribution is -2.40. The van der Waals surface area contributed by atoms with Gasteiger partial charge in [-0.05, 0) is 70.0 Å². The fourth-order valence-corrected chi connectivity index (χ4v) is 5.47. The van der Waals surface area contributed by atoms with Crippen LogP contribution in [-0.2, 0) is 4.74 Å². The predicted molar refractivity (Wildman–Crippen MR) is 155 cm³/mol. The van der Waals surface area contributed by atoms with Gasteiger partial charge in [-0.25, -0.2) is 9.78 Å². The van der Waals surface area contributed by atoms with Crippen LogP contribution in [-0.4, -0.2) is 59.5 Å². The molecule has 0 spiro atoms. The van der Waals surface area contributed by atoms with Gasteiger partial charge in [-0.3, -0.25) is 9.78 Å². The van der Waals surface area contributed by atoms with Crippen molar-refractivity contribution in [2.75, 3.05) is 26.7 Å². The van der Waals surface area contributed by atoms with Crippen LogP contribution in [0.2, 0.25) is 10.0 Å². The molecule has 2 atom stereocenters. The van der Waals surface area contributed by atoms with Crippen LogP contribution in [0.3, 0.4) is 0 Å². The first-order valence-corrected chi connectivity index (χ1v) is 14.1. The van der Waals surface area contributed by atoms with Gasteiger partial charge in [0.05, 0.1) is 28.3 Å². The number of nitrogens with one attached hydrogen (secondary N) is 1. The first-order chi connectivity index (χ1) is 19.2. The summed E-state index contributed by atoms with van der Waals surface area (Å²) in [5.74, 6) is 0.195. The third-order valence-corrected chi connectivity index (χ3v) is 7.74. The van der Waals surface area contributed by atoms with Crippen LogP contribution < -0.4 is 10.1 Å². The molecular formula is C30H34Cl2N4O4. The highest BCUT2D eigenvalue weighted by Crippen LogP contribution is 2.35. The number of nitrogens with zero attached hydrogens (tertiary/aromatic N) is 3. The van der Waals surface area contributed by atoms with Gasteiger partial charge in [-0.1, -0.05) is 41.4 Å². The Kier molecular flexibility index (Phi) is 10.4. The summed E-state index contributed by atoms with van der Waals surface area (Å²) >= 11 is 12.3. The van der Waals surface area contributed by atoms with E-state index in [0.29, 0.717) is 11.4 Å². The molecular weight excluding hydrogens is 551 g/mol. The molecule has 1 aromatic carbocycles. The number of carbonyl (C=O) groups excluding carboxylic acids is 2. The molecule has 2 unspecified atom stereocenters. The maximum absolute atomic E-state index is 12.7. The van der Waals surface area contributed by atoms with Gasteiger partial charge in [-0.15, -0.1) is 0 Å². The maximum Gasteiger partial charge on any atom is 0.337 e. The van der Waals surface area contributed by atoms with Crippen molar-refractivity contribution < 1.29 is 19.1 Å². The quantitative estimate of drug-likeness (QED) is 0.295. The fraction of sp³-hybridized carbons (Fsp3) is 0.400. The van der Waals surface area contributed by atoms with E-state index in [0.717, 1.165) is 50.2 Å². The van der Waals surface area contributed by atoms with Crippen LogP contribution in [0.25, 0.3) is 0 Å². The predicted octanol–water partition coefficient (Wildman–Crippen LogP) is 5.92. The summed E-state index contributed by atoms with van der Waals surface area (Å²) in [5, 5.41) is 3.46. The number of aryl methyl sites for hydroxylation is 1. The van der Waals surface area contributed by atoms with E-state index in [1.165, 1.54) is 19.5 Å². The van der Waals surface area contributed by atoms with E-state index in [1.807, 2.05) is 44.2 Å². The summed E-state index contributed by atoms with van der Waals surface area (Å²) in [7, 11) is 1.38. The van der Waals surface area contributed by atoms with E-state index in [4.69, 9.17) is 32.7 Å². The summed E-state index contributed by atoms with van der Waals surface area (Å²) in [5.41, 5.74) is 2.64. The molecule has 2 aromatic heterocycles. The number of rotatable bonds is 10. The van der Waals surface area contributed by atoms with Gasteiger partial charge in [0.1, 0.15) is 6.10 Å². The Morgan fingerprint density at radius 3 is 2.38 bits per heavy atom. The van der Waals surface area contributed by atoms with Crippen LogP contribution in [0, 0.1) is 12.8 Å². The van der Waals surface area contributed by atoms with Crippen molar-refractivity contribution in [3.63, 3.8) is 0 Å². The zero-order valence-corrected chi connectivity index (χ0v) is 24.4. The highest BCUT2D eigenvalue weighted by molar-refractivity contribution is 6.39. The molecule has 3 aromatic rings.